The van der Waals surface area contributed by atoms with Crippen LogP contribution >= 0.6 is 15.9 Å². The van der Waals surface area contributed by atoms with Crippen molar-refractivity contribution in [2.45, 2.75) is 0 Å². The summed E-state index contributed by atoms with van der Waals surface area (Å²) >= 11 is 3.18. The summed E-state index contributed by atoms with van der Waals surface area (Å²) in [5, 5.41) is 10.5. The first kappa shape index (κ1) is 11.2. The molecule has 0 N–H and O–H groups in total. The van der Waals surface area contributed by atoms with Crippen molar-refractivity contribution in [1.82, 2.24) is 14.4 Å². The van der Waals surface area contributed by atoms with E-state index in [1.807, 2.05) is 0 Å². The van der Waals surface area contributed by atoms with Gasteiger partial charge in [0.15, 0.2) is 11.5 Å². The molecule has 0 amide bonds. The number of imidazole rings is 1. The number of fused-ring (bicyclic) bond motifs is 1. The monoisotopic (exact) mass is 247 g/mol. The van der Waals surface area contributed by atoms with Crippen LogP contribution in [0.3, 0.4) is 0 Å². The fourth-order valence-electron chi connectivity index (χ4n) is 1.01. The predicted octanol–water partition coefficient (Wildman–Crippen LogP) is -3.14. The maximum Gasteiger partial charge on any atom is 1.00 e. The molecule has 7 heteroatoms. The van der Waals surface area contributed by atoms with Crippen molar-refractivity contribution in [2.75, 3.05) is 0 Å². The Labute approximate surface area is 99.5 Å². The Bertz CT molecular complexity index is 485. The Kier molecular flexibility index (Phi) is 3.32. The molecule has 0 aliphatic heterocycles. The molecule has 0 bridgehead atoms. The first-order valence-corrected chi connectivity index (χ1v) is 4.18. The van der Waals surface area contributed by atoms with Crippen molar-refractivity contribution < 1.29 is 28.8 Å². The minimum Gasteiger partial charge on any atom is -0.542 e. The molecule has 0 aromatic carbocycles. The van der Waals surface area contributed by atoms with Crippen LogP contribution in [0.4, 0.5) is 0 Å². The van der Waals surface area contributed by atoms with Gasteiger partial charge in [-0.25, -0.2) is 9.97 Å². The fraction of sp³-hybridized carbons (Fsp3) is 0. The van der Waals surface area contributed by atoms with E-state index >= 15 is 0 Å². The van der Waals surface area contributed by atoms with Crippen LogP contribution in [0.1, 0.15) is 10.6 Å². The van der Waals surface area contributed by atoms with Crippen LogP contribution in [-0.2, 0) is 0 Å². The molecule has 0 fully saturated rings. The summed E-state index contributed by atoms with van der Waals surface area (Å²) in [5.74, 6) is -1.47. The van der Waals surface area contributed by atoms with E-state index in [0.29, 0.717) is 10.1 Å². The largest absolute Gasteiger partial charge is 1.00 e. The average molecular weight is 248 g/mol. The van der Waals surface area contributed by atoms with Crippen molar-refractivity contribution >= 4 is 27.5 Å². The Hall–Kier alpha value is -0.833. The molecular formula is C7H3BrLiN3O2. The molecule has 0 atom stereocenters. The van der Waals surface area contributed by atoms with Gasteiger partial charge in [-0.15, -0.1) is 0 Å². The van der Waals surface area contributed by atoms with Gasteiger partial charge in [-0.05, 0) is 15.9 Å². The van der Waals surface area contributed by atoms with Crippen molar-refractivity contribution in [3.8, 4) is 0 Å². The summed E-state index contributed by atoms with van der Waals surface area (Å²) in [5.41, 5.74) is 0.474. The van der Waals surface area contributed by atoms with Gasteiger partial charge >= 0.3 is 18.9 Å². The van der Waals surface area contributed by atoms with E-state index in [0.717, 1.165) is 0 Å². The van der Waals surface area contributed by atoms with E-state index in [9.17, 15) is 9.90 Å². The molecule has 5 nitrogen and oxygen atoms in total. The van der Waals surface area contributed by atoms with Gasteiger partial charge in [0, 0.05) is 12.4 Å². The van der Waals surface area contributed by atoms with Crippen LogP contribution in [0.15, 0.2) is 23.1 Å². The Morgan fingerprint density at radius 3 is 2.79 bits per heavy atom. The van der Waals surface area contributed by atoms with E-state index in [-0.39, 0.29) is 24.7 Å². The summed E-state index contributed by atoms with van der Waals surface area (Å²) in [7, 11) is 0. The zero-order valence-electron chi connectivity index (χ0n) is 7.27. The van der Waals surface area contributed by atoms with Gasteiger partial charge in [-0.1, -0.05) is 0 Å². The number of carbonyl (C=O) groups excluding carboxylic acids is 1. The van der Waals surface area contributed by atoms with Crippen LogP contribution in [0.5, 0.6) is 0 Å². The van der Waals surface area contributed by atoms with E-state index in [1.165, 1.54) is 10.6 Å². The molecule has 0 unspecified atom stereocenters. The molecule has 66 valence electrons. The van der Waals surface area contributed by atoms with Gasteiger partial charge in [0.25, 0.3) is 0 Å². The first-order chi connectivity index (χ1) is 6.18. The minimum atomic E-state index is -1.32. The van der Waals surface area contributed by atoms with E-state index < -0.39 is 5.97 Å². The van der Waals surface area contributed by atoms with E-state index in [2.05, 4.69) is 25.9 Å². The van der Waals surface area contributed by atoms with Crippen molar-refractivity contribution in [2.24, 2.45) is 0 Å². The third-order valence-electron chi connectivity index (χ3n) is 1.53. The second-order valence-electron chi connectivity index (χ2n) is 2.37. The molecular weight excluding hydrogens is 245 g/mol. The molecule has 2 rings (SSSR count). The second kappa shape index (κ2) is 4.13. The Morgan fingerprint density at radius 1 is 1.43 bits per heavy atom. The quantitative estimate of drug-likeness (QED) is 0.500. The molecule has 0 radical (unpaired) electrons. The van der Waals surface area contributed by atoms with Gasteiger partial charge in [0.1, 0.15) is 5.97 Å². The van der Waals surface area contributed by atoms with Crippen LogP contribution in [0, 0.1) is 0 Å². The van der Waals surface area contributed by atoms with Crippen molar-refractivity contribution in [1.29, 1.82) is 0 Å². The number of halogens is 1. The van der Waals surface area contributed by atoms with Gasteiger partial charge in [-0.2, -0.15) is 0 Å². The number of carboxylic acid groups (broad SMARTS) is 1. The zero-order chi connectivity index (χ0) is 9.42. The summed E-state index contributed by atoms with van der Waals surface area (Å²) < 4.78 is 2.03. The maximum absolute atomic E-state index is 10.5. The molecule has 0 saturated heterocycles. The Morgan fingerprint density at radius 2 is 2.14 bits per heavy atom. The first-order valence-electron chi connectivity index (χ1n) is 3.38. The normalized spacial score (nSPS) is 9.79. The molecule has 0 aliphatic carbocycles. The van der Waals surface area contributed by atoms with Crippen LogP contribution in [0.2, 0.25) is 0 Å². The van der Waals surface area contributed by atoms with Crippen molar-refractivity contribution in [3.63, 3.8) is 0 Å². The molecule has 2 heterocycles. The topological polar surface area (TPSA) is 70.3 Å². The minimum absolute atomic E-state index is 0. The Balaban J connectivity index is 0.000000980. The summed E-state index contributed by atoms with van der Waals surface area (Å²) in [6.07, 6.45) is 4.51. The van der Waals surface area contributed by atoms with E-state index in [4.69, 9.17) is 0 Å². The summed E-state index contributed by atoms with van der Waals surface area (Å²) in [6, 6.07) is 0. The number of aromatic nitrogens is 3. The maximum atomic E-state index is 10.5. The number of carboxylic acids is 1. The molecule has 0 saturated carbocycles. The number of carbonyl (C=O) groups is 1. The van der Waals surface area contributed by atoms with Gasteiger partial charge in [0.2, 0.25) is 0 Å². The fourth-order valence-corrected chi connectivity index (χ4v) is 1.32. The predicted molar refractivity (Wildman–Crippen MR) is 45.0 cm³/mol. The van der Waals surface area contributed by atoms with Gasteiger partial charge in [-0.3, -0.25) is 4.40 Å². The third kappa shape index (κ3) is 1.82. The number of aromatic carboxylic acids is 1. The summed E-state index contributed by atoms with van der Waals surface area (Å²) in [6.45, 7) is 0. The van der Waals surface area contributed by atoms with Crippen LogP contribution in [0.25, 0.3) is 5.65 Å². The number of hydrogen-bond acceptors (Lipinski definition) is 4. The summed E-state index contributed by atoms with van der Waals surface area (Å²) in [4.78, 5) is 18.1. The number of hydrogen-bond donors (Lipinski definition) is 0. The van der Waals surface area contributed by atoms with Crippen molar-refractivity contribution in [3.05, 3.63) is 28.9 Å². The molecule has 2 aromatic heterocycles. The molecule has 0 aliphatic rings. The molecule has 0 spiro atoms. The van der Waals surface area contributed by atoms with E-state index in [1.54, 1.807) is 12.4 Å². The van der Waals surface area contributed by atoms with Crippen LogP contribution in [-0.4, -0.2) is 20.3 Å². The SMILES string of the molecule is O=C([O-])c1ncc2ncc(Br)cn12.[Li+]. The standard InChI is InChI=1S/C7H4BrN3O2.Li/c8-4-1-9-5-2-10-6(7(12)13)11(5)3-4;/h1-3H,(H,12,13);/q;+1/p-1. The van der Waals surface area contributed by atoms with Gasteiger partial charge in [0.05, 0.1) is 10.7 Å². The van der Waals surface area contributed by atoms with Gasteiger partial charge < -0.3 is 9.90 Å². The van der Waals surface area contributed by atoms with Crippen LogP contribution < -0.4 is 24.0 Å². The smallest absolute Gasteiger partial charge is 0.542 e. The molecule has 2 aromatic rings. The average Bonchev–Trinajstić information content (AvgIpc) is 2.46. The number of nitrogens with zero attached hydrogens (tertiary/aromatic N) is 3. The number of rotatable bonds is 1. The molecule has 14 heavy (non-hydrogen) atoms. The zero-order valence-corrected chi connectivity index (χ0v) is 8.85. The third-order valence-corrected chi connectivity index (χ3v) is 1.94. The second-order valence-corrected chi connectivity index (χ2v) is 3.29.